The van der Waals surface area contributed by atoms with Gasteiger partial charge in [-0.25, -0.2) is 4.39 Å². The summed E-state index contributed by atoms with van der Waals surface area (Å²) in [4.78, 5) is 26.2. The number of halogens is 1. The van der Waals surface area contributed by atoms with Gasteiger partial charge in [-0.1, -0.05) is 18.2 Å². The zero-order valence-electron chi connectivity index (χ0n) is 12.8. The Morgan fingerprint density at radius 1 is 1.17 bits per heavy atom. The van der Waals surface area contributed by atoms with E-state index < -0.39 is 5.92 Å². The number of rotatable bonds is 3. The first-order valence-electron chi connectivity index (χ1n) is 7.47. The summed E-state index contributed by atoms with van der Waals surface area (Å²) in [6.07, 6.45) is 0.182. The summed E-state index contributed by atoms with van der Waals surface area (Å²) < 4.78 is 12.9. The first kappa shape index (κ1) is 15.2. The van der Waals surface area contributed by atoms with Crippen molar-refractivity contribution in [1.29, 1.82) is 0 Å². The summed E-state index contributed by atoms with van der Waals surface area (Å²) in [5.74, 6) is -1.04. The minimum Gasteiger partial charge on any atom is -0.326 e. The van der Waals surface area contributed by atoms with Crippen molar-refractivity contribution in [2.45, 2.75) is 13.3 Å². The molecule has 1 atom stereocenters. The summed E-state index contributed by atoms with van der Waals surface area (Å²) in [5.41, 5.74) is 2.37. The molecule has 1 aliphatic rings. The predicted molar refractivity (Wildman–Crippen MR) is 86.7 cm³/mol. The first-order chi connectivity index (χ1) is 11.0. The molecule has 0 aromatic heterocycles. The van der Waals surface area contributed by atoms with E-state index in [2.05, 4.69) is 5.32 Å². The number of para-hydroxylation sites is 1. The molecule has 3 rings (SSSR count). The molecule has 1 fully saturated rings. The number of hydrogen-bond donors (Lipinski definition) is 1. The molecule has 0 unspecified atom stereocenters. The van der Waals surface area contributed by atoms with Gasteiger partial charge in [0.25, 0.3) is 0 Å². The molecule has 118 valence electrons. The zero-order chi connectivity index (χ0) is 16.4. The standard InChI is InChI=1S/C18H17FN2O2/c1-12-4-2-3-5-16(12)21-11-13(10-17(21)22)18(23)20-15-8-6-14(19)7-9-15/h2-9,13H,10-11H2,1H3,(H,20,23)/t13-/m0/s1. The Morgan fingerprint density at radius 2 is 1.87 bits per heavy atom. The molecular formula is C18H17FN2O2. The third kappa shape index (κ3) is 3.23. The molecule has 0 saturated carbocycles. The maximum atomic E-state index is 12.9. The quantitative estimate of drug-likeness (QED) is 0.946. The van der Waals surface area contributed by atoms with Crippen LogP contribution in [0.3, 0.4) is 0 Å². The highest BCUT2D eigenvalue weighted by atomic mass is 19.1. The van der Waals surface area contributed by atoms with Gasteiger partial charge >= 0.3 is 0 Å². The SMILES string of the molecule is Cc1ccccc1N1C[C@@H](C(=O)Nc2ccc(F)cc2)CC1=O. The molecular weight excluding hydrogens is 295 g/mol. The Kier molecular flexibility index (Phi) is 4.10. The average Bonchev–Trinajstić information content (AvgIpc) is 2.92. The van der Waals surface area contributed by atoms with Crippen molar-refractivity contribution in [3.8, 4) is 0 Å². The number of amides is 2. The van der Waals surface area contributed by atoms with Gasteiger partial charge in [0.15, 0.2) is 0 Å². The van der Waals surface area contributed by atoms with Crippen LogP contribution in [0.25, 0.3) is 0 Å². The van der Waals surface area contributed by atoms with Gasteiger partial charge in [-0.15, -0.1) is 0 Å². The second-order valence-corrected chi connectivity index (χ2v) is 5.69. The van der Waals surface area contributed by atoms with E-state index in [-0.39, 0.29) is 24.1 Å². The normalized spacial score (nSPS) is 17.4. The highest BCUT2D eigenvalue weighted by molar-refractivity contribution is 6.03. The van der Waals surface area contributed by atoms with Crippen LogP contribution in [-0.4, -0.2) is 18.4 Å². The second kappa shape index (κ2) is 6.20. The van der Waals surface area contributed by atoms with Gasteiger partial charge in [-0.05, 0) is 42.8 Å². The lowest BCUT2D eigenvalue weighted by Crippen LogP contribution is -2.28. The maximum Gasteiger partial charge on any atom is 0.229 e. The number of benzene rings is 2. The molecule has 2 amide bonds. The lowest BCUT2D eigenvalue weighted by Gasteiger charge is -2.19. The van der Waals surface area contributed by atoms with Gasteiger partial charge in [0.1, 0.15) is 5.82 Å². The number of hydrogen-bond acceptors (Lipinski definition) is 2. The van der Waals surface area contributed by atoms with E-state index in [0.717, 1.165) is 11.3 Å². The van der Waals surface area contributed by atoms with Crippen molar-refractivity contribution in [2.24, 2.45) is 5.92 Å². The van der Waals surface area contributed by atoms with Crippen molar-refractivity contribution < 1.29 is 14.0 Å². The topological polar surface area (TPSA) is 49.4 Å². The third-order valence-electron chi connectivity index (χ3n) is 4.01. The Labute approximate surface area is 133 Å². The molecule has 4 nitrogen and oxygen atoms in total. The van der Waals surface area contributed by atoms with Crippen molar-refractivity contribution in [3.63, 3.8) is 0 Å². The monoisotopic (exact) mass is 312 g/mol. The van der Waals surface area contributed by atoms with E-state index in [4.69, 9.17) is 0 Å². The average molecular weight is 312 g/mol. The van der Waals surface area contributed by atoms with E-state index in [9.17, 15) is 14.0 Å². The van der Waals surface area contributed by atoms with Gasteiger partial charge in [0.2, 0.25) is 11.8 Å². The molecule has 1 saturated heterocycles. The van der Waals surface area contributed by atoms with Crippen LogP contribution < -0.4 is 10.2 Å². The number of nitrogens with zero attached hydrogens (tertiary/aromatic N) is 1. The van der Waals surface area contributed by atoms with Crippen molar-refractivity contribution in [3.05, 3.63) is 59.9 Å². The van der Waals surface area contributed by atoms with Gasteiger partial charge in [0, 0.05) is 24.3 Å². The van der Waals surface area contributed by atoms with Crippen LogP contribution in [0.4, 0.5) is 15.8 Å². The van der Waals surface area contributed by atoms with Crippen LogP contribution in [0, 0.1) is 18.7 Å². The highest BCUT2D eigenvalue weighted by Crippen LogP contribution is 2.28. The maximum absolute atomic E-state index is 12.9. The van der Waals surface area contributed by atoms with E-state index in [1.807, 2.05) is 31.2 Å². The predicted octanol–water partition coefficient (Wildman–Crippen LogP) is 3.13. The minimum atomic E-state index is -0.410. The van der Waals surface area contributed by atoms with E-state index in [1.165, 1.54) is 24.3 Å². The van der Waals surface area contributed by atoms with Crippen LogP contribution in [0.5, 0.6) is 0 Å². The molecule has 0 radical (unpaired) electrons. The lowest BCUT2D eigenvalue weighted by molar-refractivity contribution is -0.122. The largest absolute Gasteiger partial charge is 0.326 e. The number of carbonyl (C=O) groups is 2. The molecule has 5 heteroatoms. The fourth-order valence-electron chi connectivity index (χ4n) is 2.76. The Balaban J connectivity index is 1.71. The van der Waals surface area contributed by atoms with Crippen molar-refractivity contribution >= 4 is 23.2 Å². The molecule has 1 aliphatic heterocycles. The van der Waals surface area contributed by atoms with Gasteiger partial charge in [-0.2, -0.15) is 0 Å². The molecule has 2 aromatic rings. The van der Waals surface area contributed by atoms with Gasteiger partial charge in [-0.3, -0.25) is 9.59 Å². The van der Waals surface area contributed by atoms with E-state index in [0.29, 0.717) is 12.2 Å². The lowest BCUT2D eigenvalue weighted by atomic mass is 10.1. The zero-order valence-corrected chi connectivity index (χ0v) is 12.8. The molecule has 0 aliphatic carbocycles. The summed E-state index contributed by atoms with van der Waals surface area (Å²) in [5, 5.41) is 2.73. The number of nitrogens with one attached hydrogen (secondary N) is 1. The third-order valence-corrected chi connectivity index (χ3v) is 4.01. The van der Waals surface area contributed by atoms with Crippen molar-refractivity contribution in [1.82, 2.24) is 0 Å². The minimum absolute atomic E-state index is 0.0569. The van der Waals surface area contributed by atoms with Crippen LogP contribution in [0.15, 0.2) is 48.5 Å². The summed E-state index contributed by atoms with van der Waals surface area (Å²) in [6, 6.07) is 13.2. The van der Waals surface area contributed by atoms with Crippen LogP contribution in [0.1, 0.15) is 12.0 Å². The molecule has 0 spiro atoms. The van der Waals surface area contributed by atoms with Crippen molar-refractivity contribution in [2.75, 3.05) is 16.8 Å². The summed E-state index contributed by atoms with van der Waals surface area (Å²) in [6.45, 7) is 2.30. The highest BCUT2D eigenvalue weighted by Gasteiger charge is 2.35. The van der Waals surface area contributed by atoms with E-state index in [1.54, 1.807) is 4.90 Å². The van der Waals surface area contributed by atoms with Gasteiger partial charge < -0.3 is 10.2 Å². The molecule has 1 heterocycles. The molecule has 0 bridgehead atoms. The molecule has 23 heavy (non-hydrogen) atoms. The van der Waals surface area contributed by atoms with E-state index >= 15 is 0 Å². The fraction of sp³-hybridized carbons (Fsp3) is 0.222. The van der Waals surface area contributed by atoms with Crippen LogP contribution >= 0.6 is 0 Å². The first-order valence-corrected chi connectivity index (χ1v) is 7.47. The number of aryl methyl sites for hydroxylation is 1. The summed E-state index contributed by atoms with van der Waals surface area (Å²) >= 11 is 0. The second-order valence-electron chi connectivity index (χ2n) is 5.69. The van der Waals surface area contributed by atoms with Crippen LogP contribution in [-0.2, 0) is 9.59 Å². The Hall–Kier alpha value is -2.69. The Morgan fingerprint density at radius 3 is 2.57 bits per heavy atom. The Bertz CT molecular complexity index is 743. The van der Waals surface area contributed by atoms with Gasteiger partial charge in [0.05, 0.1) is 5.92 Å². The number of carbonyl (C=O) groups excluding carboxylic acids is 2. The summed E-state index contributed by atoms with van der Waals surface area (Å²) in [7, 11) is 0. The molecule has 1 N–H and O–H groups in total. The molecule has 2 aromatic carbocycles. The fourth-order valence-corrected chi connectivity index (χ4v) is 2.76. The number of anilines is 2. The smallest absolute Gasteiger partial charge is 0.229 e. The van der Waals surface area contributed by atoms with Crippen LogP contribution in [0.2, 0.25) is 0 Å².